The third-order valence-corrected chi connectivity index (χ3v) is 5.05. The van der Waals surface area contributed by atoms with Gasteiger partial charge in [0.2, 0.25) is 17.5 Å². The normalized spacial score (nSPS) is 21.3. The van der Waals surface area contributed by atoms with E-state index < -0.39 is 29.6 Å². The first-order valence-corrected chi connectivity index (χ1v) is 9.02. The molecule has 1 atom stereocenters. The number of carbonyl (C=O) groups is 3. The molecule has 2 aromatic rings. The molecule has 0 unspecified atom stereocenters. The summed E-state index contributed by atoms with van der Waals surface area (Å²) in [5.41, 5.74) is 1.77. The molecule has 2 aromatic carbocycles. The summed E-state index contributed by atoms with van der Waals surface area (Å²) in [6.45, 7) is 7.14. The molecule has 2 aliphatic rings. The van der Waals surface area contributed by atoms with E-state index in [0.717, 1.165) is 4.90 Å². The molecule has 0 aliphatic carbocycles. The monoisotopic (exact) mass is 393 g/mol. The number of nitrogens with zero attached hydrogens (tertiary/aromatic N) is 2. The number of fused-ring (bicyclic) bond motifs is 1. The predicted molar refractivity (Wildman–Crippen MR) is 102 cm³/mol. The lowest BCUT2D eigenvalue weighted by atomic mass is 10.0. The van der Waals surface area contributed by atoms with E-state index in [9.17, 15) is 18.8 Å². The van der Waals surface area contributed by atoms with E-state index in [1.54, 1.807) is 30.3 Å². The number of benzene rings is 2. The molecule has 1 saturated heterocycles. The van der Waals surface area contributed by atoms with Gasteiger partial charge in [-0.25, -0.2) is 9.24 Å². The smallest absolute Gasteiger partial charge is 0.255 e. The van der Waals surface area contributed by atoms with E-state index in [2.05, 4.69) is 15.5 Å². The Morgan fingerprint density at radius 3 is 2.83 bits per heavy atom. The molecule has 2 N–H and O–H groups in total. The maximum absolute atomic E-state index is 14.3. The molecule has 146 valence electrons. The highest BCUT2D eigenvalue weighted by molar-refractivity contribution is 6.06. The second-order valence-electron chi connectivity index (χ2n) is 6.76. The molecule has 8 heteroatoms. The number of nitrogens with one attached hydrogen (secondary N) is 2. The summed E-state index contributed by atoms with van der Waals surface area (Å²) in [5, 5.41) is 5.22. The Morgan fingerprint density at radius 1 is 1.28 bits per heavy atom. The van der Waals surface area contributed by atoms with Crippen molar-refractivity contribution in [2.45, 2.75) is 31.9 Å². The first kappa shape index (κ1) is 17.4. The van der Waals surface area contributed by atoms with Gasteiger partial charge in [0.15, 0.2) is 0 Å². The van der Waals surface area contributed by atoms with Crippen molar-refractivity contribution in [2.24, 2.45) is 0 Å². The fraction of sp³-hybridized carbons (Fsp3) is 0.238. The lowest BCUT2D eigenvalue weighted by Gasteiger charge is -2.29. The Balaban J connectivity index is 1.59. The Bertz CT molecular complexity index is 1130. The summed E-state index contributed by atoms with van der Waals surface area (Å²) < 4.78 is 22.9. The summed E-state index contributed by atoms with van der Waals surface area (Å²) in [6.07, 6.45) is -0.0913. The number of piperidine rings is 1. The summed E-state index contributed by atoms with van der Waals surface area (Å²) in [7, 11) is 0. The van der Waals surface area contributed by atoms with E-state index >= 15 is 0 Å². The number of imide groups is 1. The van der Waals surface area contributed by atoms with Crippen LogP contribution in [-0.4, -0.2) is 28.6 Å². The molecule has 0 radical (unpaired) electrons. The summed E-state index contributed by atoms with van der Waals surface area (Å²) in [4.78, 5) is 41.0. The number of halogens is 1. The zero-order chi connectivity index (χ0) is 21.5. The van der Waals surface area contributed by atoms with Gasteiger partial charge in [-0.15, -0.1) is 0 Å². The van der Waals surface area contributed by atoms with Crippen LogP contribution in [0.2, 0.25) is 0 Å². The Kier molecular flexibility index (Phi) is 4.41. The van der Waals surface area contributed by atoms with Crippen molar-refractivity contribution >= 4 is 29.1 Å². The first-order chi connectivity index (χ1) is 14.3. The van der Waals surface area contributed by atoms with Crippen LogP contribution >= 0.6 is 0 Å². The third kappa shape index (κ3) is 3.31. The molecule has 2 heterocycles. The Labute approximate surface area is 167 Å². The average molecular weight is 393 g/mol. The zero-order valence-electron chi connectivity index (χ0n) is 16.3. The van der Waals surface area contributed by atoms with E-state index in [1.807, 2.05) is 0 Å². The quantitative estimate of drug-likeness (QED) is 0.618. The minimum Gasteiger partial charge on any atom is -0.381 e. The number of hydrogen-bond donors (Lipinski definition) is 2. The van der Waals surface area contributed by atoms with Gasteiger partial charge in [-0.1, -0.05) is 24.3 Å². The molecule has 2 aliphatic heterocycles. The highest BCUT2D eigenvalue weighted by atomic mass is 19.1. The highest BCUT2D eigenvalue weighted by Gasteiger charge is 2.39. The summed E-state index contributed by atoms with van der Waals surface area (Å²) in [6, 6.07) is 7.70. The Morgan fingerprint density at radius 2 is 2.07 bits per heavy atom. The van der Waals surface area contributed by atoms with Gasteiger partial charge in [0, 0.05) is 36.3 Å². The zero-order valence-corrected chi connectivity index (χ0v) is 15.3. The number of hydrogen-bond acceptors (Lipinski definition) is 4. The van der Waals surface area contributed by atoms with Crippen LogP contribution in [0.15, 0.2) is 36.4 Å². The molecule has 0 aromatic heterocycles. The lowest BCUT2D eigenvalue weighted by Crippen LogP contribution is -2.52. The van der Waals surface area contributed by atoms with Crippen LogP contribution in [0.25, 0.3) is 4.85 Å². The number of amides is 3. The number of anilines is 1. The van der Waals surface area contributed by atoms with Crippen molar-refractivity contribution in [3.63, 3.8) is 0 Å². The minimum atomic E-state index is -1.86. The summed E-state index contributed by atoms with van der Waals surface area (Å²) >= 11 is 0. The fourth-order valence-corrected chi connectivity index (χ4v) is 3.56. The average Bonchev–Trinajstić information content (AvgIpc) is 3.08. The van der Waals surface area contributed by atoms with Crippen LogP contribution in [-0.2, 0) is 22.7 Å². The minimum absolute atomic E-state index is 0.0167. The number of carbonyl (C=O) groups excluding carboxylic acids is 3. The van der Waals surface area contributed by atoms with Crippen molar-refractivity contribution in [3.8, 4) is 0 Å². The molecule has 0 bridgehead atoms. The van der Waals surface area contributed by atoms with Crippen LogP contribution < -0.4 is 10.6 Å². The molecule has 0 saturated carbocycles. The lowest BCUT2D eigenvalue weighted by molar-refractivity contribution is -0.136. The molecule has 4 rings (SSSR count). The van der Waals surface area contributed by atoms with Gasteiger partial charge >= 0.3 is 0 Å². The largest absolute Gasteiger partial charge is 0.381 e. The van der Waals surface area contributed by atoms with E-state index in [-0.39, 0.29) is 31.6 Å². The number of rotatable bonds is 4. The van der Waals surface area contributed by atoms with E-state index in [4.69, 9.17) is 7.94 Å². The van der Waals surface area contributed by atoms with Crippen molar-refractivity contribution in [1.29, 1.82) is 0 Å². The molecular weight excluding hydrogens is 375 g/mol. The first-order valence-electron chi connectivity index (χ1n) is 9.52. The maximum Gasteiger partial charge on any atom is 0.255 e. The third-order valence-electron chi connectivity index (χ3n) is 5.05. The fourth-order valence-electron chi connectivity index (χ4n) is 3.56. The van der Waals surface area contributed by atoms with Crippen LogP contribution in [0.3, 0.4) is 0 Å². The van der Waals surface area contributed by atoms with Crippen LogP contribution in [0, 0.1) is 12.4 Å². The van der Waals surface area contributed by atoms with Gasteiger partial charge < -0.3 is 10.2 Å². The molecular formula is C21H17FN4O3. The molecule has 3 amide bonds. The van der Waals surface area contributed by atoms with Gasteiger partial charge in [0.05, 0.1) is 7.94 Å². The van der Waals surface area contributed by atoms with Crippen molar-refractivity contribution in [1.82, 2.24) is 10.2 Å². The molecule has 29 heavy (non-hydrogen) atoms. The highest BCUT2D eigenvalue weighted by Crippen LogP contribution is 2.32. The van der Waals surface area contributed by atoms with Crippen LogP contribution in [0.5, 0.6) is 0 Å². The predicted octanol–water partition coefficient (Wildman–Crippen LogP) is 2.75. The topological polar surface area (TPSA) is 82.9 Å². The van der Waals surface area contributed by atoms with Gasteiger partial charge in [0.25, 0.3) is 5.91 Å². The van der Waals surface area contributed by atoms with Gasteiger partial charge in [-0.2, -0.15) is 0 Å². The van der Waals surface area contributed by atoms with Crippen molar-refractivity contribution in [2.75, 3.05) is 5.32 Å². The standard InChI is InChI=1S/C21H17FN4O3/c1-23-16-7-2-4-12(19(16)22)10-24-15-6-3-5-13-14(15)11-26(21(13)29)17-8-9-18(27)25-20(17)28/h2-7,17,24H,8-11H2,(H,25,27,28)/t17-/m0/s1/i17D. The summed E-state index contributed by atoms with van der Waals surface area (Å²) in [5.74, 6) is -2.33. The van der Waals surface area contributed by atoms with Gasteiger partial charge in [-0.3, -0.25) is 19.7 Å². The van der Waals surface area contributed by atoms with E-state index in [1.165, 1.54) is 6.07 Å². The van der Waals surface area contributed by atoms with Crippen LogP contribution in [0.1, 0.15) is 35.7 Å². The Hall–Kier alpha value is -3.73. The maximum atomic E-state index is 14.3. The molecule has 0 spiro atoms. The second kappa shape index (κ2) is 7.36. The van der Waals surface area contributed by atoms with Gasteiger partial charge in [-0.05, 0) is 24.1 Å². The molecule has 1 fully saturated rings. The van der Waals surface area contributed by atoms with Crippen LogP contribution in [0.4, 0.5) is 15.8 Å². The molecule has 7 nitrogen and oxygen atoms in total. The van der Waals surface area contributed by atoms with E-state index in [0.29, 0.717) is 22.4 Å². The van der Waals surface area contributed by atoms with Crippen molar-refractivity contribution in [3.05, 3.63) is 70.3 Å². The van der Waals surface area contributed by atoms with Gasteiger partial charge in [0.1, 0.15) is 11.8 Å². The van der Waals surface area contributed by atoms with Crippen molar-refractivity contribution < 1.29 is 20.1 Å². The SMILES string of the molecule is [2H][C@]1(N2Cc3c(NCc4cccc([N+]#[C-])c4F)cccc3C2=O)CCC(=O)NC1=O. The second-order valence-corrected chi connectivity index (χ2v) is 6.76.